The van der Waals surface area contributed by atoms with Crippen molar-refractivity contribution < 1.29 is 15.1 Å². The van der Waals surface area contributed by atoms with Crippen molar-refractivity contribution in [2.45, 2.75) is 56.4 Å². The summed E-state index contributed by atoms with van der Waals surface area (Å²) in [6.45, 7) is 3.54. The van der Waals surface area contributed by atoms with E-state index in [1.165, 1.54) is 0 Å². The Bertz CT molecular complexity index is 1510. The van der Waals surface area contributed by atoms with Crippen LogP contribution >= 0.6 is 23.5 Å². The van der Waals surface area contributed by atoms with E-state index in [1.807, 2.05) is 54.6 Å². The number of carbonyl (C=O) groups is 1. The maximum Gasteiger partial charge on any atom is 0.236 e. The third-order valence-corrected chi connectivity index (χ3v) is 8.37. The van der Waals surface area contributed by atoms with Crippen LogP contribution in [0.2, 0.25) is 5.02 Å². The van der Waals surface area contributed by atoms with Crippen LogP contribution in [0.1, 0.15) is 55.9 Å². The molecule has 10 heteroatoms. The Labute approximate surface area is 261 Å². The lowest BCUT2D eigenvalue weighted by Gasteiger charge is -2.33. The van der Waals surface area contributed by atoms with Gasteiger partial charge in [0, 0.05) is 52.5 Å². The van der Waals surface area contributed by atoms with Gasteiger partial charge in [-0.1, -0.05) is 84.6 Å². The van der Waals surface area contributed by atoms with Gasteiger partial charge in [-0.15, -0.1) is 0 Å². The van der Waals surface area contributed by atoms with Crippen LogP contribution in [-0.2, 0) is 4.79 Å². The van der Waals surface area contributed by atoms with Crippen LogP contribution in [-0.4, -0.2) is 43.9 Å². The number of nitrogens with one attached hydrogen (secondary N) is 1. The molecule has 2 heterocycles. The third kappa shape index (κ3) is 8.34. The quantitative estimate of drug-likeness (QED) is 0.0859. The second kappa shape index (κ2) is 14.8. The Morgan fingerprint density at radius 3 is 2.33 bits per heavy atom. The Morgan fingerprint density at radius 2 is 1.60 bits per heavy atom. The number of amides is 1. The molecule has 1 aromatic heterocycles. The van der Waals surface area contributed by atoms with Crippen LogP contribution in [0.4, 0.5) is 5.82 Å². The van der Waals surface area contributed by atoms with Gasteiger partial charge in [0.15, 0.2) is 5.82 Å². The molecule has 0 bridgehead atoms. The van der Waals surface area contributed by atoms with Crippen molar-refractivity contribution in [1.29, 1.82) is 0 Å². The number of hydrogen-bond acceptors (Lipinski definition) is 8. The van der Waals surface area contributed by atoms with Gasteiger partial charge in [-0.25, -0.2) is 9.97 Å². The summed E-state index contributed by atoms with van der Waals surface area (Å²) in [5.41, 5.74) is 7.61. The van der Waals surface area contributed by atoms with Gasteiger partial charge in [-0.3, -0.25) is 15.4 Å². The first-order chi connectivity index (χ1) is 20.9. The maximum absolute atomic E-state index is 12.2. The lowest BCUT2D eigenvalue weighted by atomic mass is 10.0. The molecule has 3 N–H and O–H groups in total. The van der Waals surface area contributed by atoms with Crippen molar-refractivity contribution >= 4 is 35.3 Å². The van der Waals surface area contributed by atoms with Gasteiger partial charge in [0.1, 0.15) is 11.8 Å². The van der Waals surface area contributed by atoms with Crippen LogP contribution in [0.25, 0.3) is 22.5 Å². The van der Waals surface area contributed by atoms with E-state index in [0.29, 0.717) is 30.1 Å². The summed E-state index contributed by atoms with van der Waals surface area (Å²) in [5, 5.41) is 21.5. The Kier molecular flexibility index (Phi) is 10.7. The summed E-state index contributed by atoms with van der Waals surface area (Å²) in [6.07, 6.45) is 3.74. The van der Waals surface area contributed by atoms with E-state index in [9.17, 15) is 15.1 Å². The summed E-state index contributed by atoms with van der Waals surface area (Å²) in [6, 6.07) is 25.1. The molecule has 0 saturated heterocycles. The fourth-order valence-electron chi connectivity index (χ4n) is 5.06. The van der Waals surface area contributed by atoms with E-state index < -0.39 is 6.10 Å². The second-order valence-electron chi connectivity index (χ2n) is 10.7. The predicted molar refractivity (Wildman–Crippen MR) is 172 cm³/mol. The number of carbonyl (C=O) groups excluding carboxylic acids is 1. The maximum atomic E-state index is 12.2. The summed E-state index contributed by atoms with van der Waals surface area (Å²) < 4.78 is 0.754. The third-order valence-electron chi connectivity index (χ3n) is 7.37. The first-order valence-corrected chi connectivity index (χ1v) is 15.7. The van der Waals surface area contributed by atoms with Crippen molar-refractivity contribution in [1.82, 2.24) is 20.0 Å². The molecule has 0 aliphatic carbocycles. The average molecular weight is 618 g/mol. The first-order valence-electron chi connectivity index (χ1n) is 14.6. The minimum absolute atomic E-state index is 0.222. The normalized spacial score (nSPS) is 14.5. The molecule has 0 radical (unpaired) electrons. The molecule has 43 heavy (non-hydrogen) atoms. The molecule has 3 aromatic carbocycles. The monoisotopic (exact) mass is 617 g/mol. The SMILES string of the molecule is Cc1ccc(-c2nc3c(nc2-c2ccc(Cl)cc2)C(O)CCN3CCCCCCC(=O)NN(O)Sc2ccccc2)cc1. The van der Waals surface area contributed by atoms with Crippen molar-refractivity contribution in [3.05, 3.63) is 95.1 Å². The van der Waals surface area contributed by atoms with Crippen molar-refractivity contribution in [3.63, 3.8) is 0 Å². The van der Waals surface area contributed by atoms with Crippen LogP contribution in [0.15, 0.2) is 83.8 Å². The van der Waals surface area contributed by atoms with Gasteiger partial charge >= 0.3 is 0 Å². The van der Waals surface area contributed by atoms with Crippen LogP contribution in [0.5, 0.6) is 0 Å². The number of hydrogen-bond donors (Lipinski definition) is 3. The highest BCUT2D eigenvalue weighted by Crippen LogP contribution is 2.38. The summed E-state index contributed by atoms with van der Waals surface area (Å²) in [7, 11) is 0. The number of hydrazine groups is 1. The van der Waals surface area contributed by atoms with Gasteiger partial charge in [-0.2, -0.15) is 0 Å². The predicted octanol–water partition coefficient (Wildman–Crippen LogP) is 7.40. The lowest BCUT2D eigenvalue weighted by Crippen LogP contribution is -2.34. The molecule has 5 rings (SSSR count). The van der Waals surface area contributed by atoms with E-state index in [2.05, 4.69) is 41.5 Å². The van der Waals surface area contributed by atoms with E-state index >= 15 is 0 Å². The number of nitrogens with zero attached hydrogens (tertiary/aromatic N) is 4. The van der Waals surface area contributed by atoms with E-state index in [0.717, 1.165) is 87.5 Å². The Hall–Kier alpha value is -3.47. The smallest absolute Gasteiger partial charge is 0.236 e. The number of fused-ring (bicyclic) bond motifs is 1. The van der Waals surface area contributed by atoms with Crippen LogP contribution in [0, 0.1) is 6.92 Å². The molecule has 224 valence electrons. The molecule has 0 spiro atoms. The number of anilines is 1. The number of rotatable bonds is 12. The Morgan fingerprint density at radius 1 is 0.953 bits per heavy atom. The number of aliphatic hydroxyl groups excluding tert-OH is 1. The highest BCUT2D eigenvalue weighted by atomic mass is 35.5. The number of aromatic nitrogens is 2. The lowest BCUT2D eigenvalue weighted by molar-refractivity contribution is -0.134. The summed E-state index contributed by atoms with van der Waals surface area (Å²) >= 11 is 7.21. The number of aryl methyl sites for hydroxylation is 1. The van der Waals surface area contributed by atoms with E-state index in [-0.39, 0.29) is 5.91 Å². The fraction of sp³-hybridized carbons (Fsp3) is 0.303. The van der Waals surface area contributed by atoms with E-state index in [1.54, 1.807) is 0 Å². The highest BCUT2D eigenvalue weighted by Gasteiger charge is 2.29. The van der Waals surface area contributed by atoms with Gasteiger partial charge in [0.05, 0.1) is 11.4 Å². The van der Waals surface area contributed by atoms with Gasteiger partial charge < -0.3 is 10.0 Å². The number of halogens is 1. The van der Waals surface area contributed by atoms with Crippen molar-refractivity contribution in [3.8, 4) is 22.5 Å². The molecule has 4 aromatic rings. The van der Waals surface area contributed by atoms with Gasteiger partial charge in [0.2, 0.25) is 5.91 Å². The molecule has 1 amide bonds. The van der Waals surface area contributed by atoms with Gasteiger partial charge in [-0.05, 0) is 55.0 Å². The number of aliphatic hydroxyl groups is 1. The molecule has 0 saturated carbocycles. The van der Waals surface area contributed by atoms with Crippen molar-refractivity contribution in [2.24, 2.45) is 0 Å². The number of unbranched alkanes of at least 4 members (excludes halogenated alkanes) is 3. The fourth-order valence-corrected chi connectivity index (χ4v) is 5.82. The van der Waals surface area contributed by atoms with E-state index in [4.69, 9.17) is 21.6 Å². The van der Waals surface area contributed by atoms with Crippen LogP contribution < -0.4 is 10.3 Å². The molecule has 1 aliphatic heterocycles. The Balaban J connectivity index is 1.20. The molecule has 1 aliphatic rings. The van der Waals surface area contributed by atoms with Crippen LogP contribution in [0.3, 0.4) is 0 Å². The minimum Gasteiger partial charge on any atom is -0.387 e. The molecule has 8 nitrogen and oxygen atoms in total. The molecule has 1 unspecified atom stereocenters. The second-order valence-corrected chi connectivity index (χ2v) is 12.1. The molecular weight excluding hydrogens is 582 g/mol. The van der Waals surface area contributed by atoms with Crippen molar-refractivity contribution in [2.75, 3.05) is 18.0 Å². The summed E-state index contributed by atoms with van der Waals surface area (Å²) in [5.74, 6) is 0.505. The molecule has 0 fully saturated rings. The zero-order valence-electron chi connectivity index (χ0n) is 24.1. The molecule has 1 atom stereocenters. The highest BCUT2D eigenvalue weighted by molar-refractivity contribution is 7.96. The standard InChI is InChI=1S/C33H36ClN5O3S/c1-23-12-14-24(15-13-23)31-30(25-16-18-26(34)19-17-25)35-32-28(40)20-22-38(33(32)36-31)21-8-3-2-7-11-29(41)37-39(42)43-27-9-5-4-6-10-27/h4-6,9-10,12-19,28,40,42H,2-3,7-8,11,20-22H2,1H3,(H,37,41). The molecular formula is C33H36ClN5O3S. The topological polar surface area (TPSA) is 102 Å². The average Bonchev–Trinajstić information content (AvgIpc) is 3.00. The largest absolute Gasteiger partial charge is 0.387 e. The minimum atomic E-state index is -0.679. The first kappa shape index (κ1) is 31.0. The van der Waals surface area contributed by atoms with Gasteiger partial charge in [0.25, 0.3) is 0 Å². The zero-order valence-corrected chi connectivity index (χ0v) is 25.7. The number of benzene rings is 3. The zero-order chi connectivity index (χ0) is 30.2. The summed E-state index contributed by atoms with van der Waals surface area (Å²) in [4.78, 5) is 25.4.